The number of nitrogens with one attached hydrogen (secondary N) is 3. The zero-order chi connectivity index (χ0) is 43.1. The molecule has 1 fully saturated rings. The van der Waals surface area contributed by atoms with Crippen LogP contribution in [0.4, 0.5) is 27.7 Å². The fourth-order valence-electron chi connectivity index (χ4n) is 6.27. The number of nitro benzene ring substituents is 1. The average molecular weight is 922 g/mol. The van der Waals surface area contributed by atoms with Gasteiger partial charge in [0.25, 0.3) is 5.69 Å². The van der Waals surface area contributed by atoms with Gasteiger partial charge in [0.05, 0.1) is 53.6 Å². The smallest absolute Gasteiger partial charge is 0.325 e. The number of nitro groups is 1. The van der Waals surface area contributed by atoms with Crippen molar-refractivity contribution in [3.8, 4) is 11.5 Å². The molecule has 3 aromatic carbocycles. The Balaban J connectivity index is 0.812. The maximum atomic E-state index is 12.8. The molecule has 6 rings (SSSR count). The van der Waals surface area contributed by atoms with Gasteiger partial charge in [-0.1, -0.05) is 15.9 Å². The number of aryl methyl sites for hydroxylation is 3. The Morgan fingerprint density at radius 1 is 0.934 bits per heavy atom. The molecule has 2 atom stereocenters. The number of aromatic nitrogens is 2. The molecule has 17 nitrogen and oxygen atoms in total. The molecule has 324 valence electrons. The van der Waals surface area contributed by atoms with E-state index >= 15 is 0 Å². The number of hydrogen-bond acceptors (Lipinski definition) is 14. The minimum absolute atomic E-state index is 0.00612. The standard InChI is InChI=1S/C42H49BrN8O9S/c1-27-20-38(35(21-34(27)43)48-42(53)49-39-23-44-29(3)22-45-39)60-25-33-24-50(12-16-58-33)11-15-56-13-4-14-57-17-18-59-32-8-5-30(6-9-32)41-47-36(26-61-41)40(52)46-31-7-10-37(51(54)55)28(2)19-31/h5-10,19-23,33,36H,4,11-18,24-26H2,1-3H3,(H,46,52)(H2,45,48,49,53)/t33-,36?/m0/s1. The second kappa shape index (κ2) is 22.6. The minimum atomic E-state index is -0.559. The molecule has 3 amide bonds. The lowest BCUT2D eigenvalue weighted by Crippen LogP contribution is -2.46. The lowest BCUT2D eigenvalue weighted by molar-refractivity contribution is -0.385. The highest BCUT2D eigenvalue weighted by Gasteiger charge is 2.27. The summed E-state index contributed by atoms with van der Waals surface area (Å²) in [5.74, 6) is 1.83. The summed E-state index contributed by atoms with van der Waals surface area (Å²) in [7, 11) is 0. The van der Waals surface area contributed by atoms with Gasteiger partial charge in [-0.15, -0.1) is 11.8 Å². The van der Waals surface area contributed by atoms with Crippen LogP contribution in [0.2, 0.25) is 0 Å². The van der Waals surface area contributed by atoms with Crippen molar-refractivity contribution in [1.29, 1.82) is 0 Å². The van der Waals surface area contributed by atoms with Crippen LogP contribution in [0.15, 0.2) is 76.5 Å². The number of carbonyl (C=O) groups excluding carboxylic acids is 2. The van der Waals surface area contributed by atoms with Crippen LogP contribution < -0.4 is 25.4 Å². The van der Waals surface area contributed by atoms with E-state index in [9.17, 15) is 19.7 Å². The summed E-state index contributed by atoms with van der Waals surface area (Å²) >= 11 is 5.04. The highest BCUT2D eigenvalue weighted by molar-refractivity contribution is 9.10. The number of urea groups is 1. The van der Waals surface area contributed by atoms with Crippen LogP contribution in [0.25, 0.3) is 0 Å². The number of morpholine rings is 1. The Hall–Kier alpha value is -5.18. The van der Waals surface area contributed by atoms with Gasteiger partial charge in [0, 0.05) is 66.0 Å². The number of amides is 3. The predicted molar refractivity (Wildman–Crippen MR) is 237 cm³/mol. The molecule has 61 heavy (non-hydrogen) atoms. The largest absolute Gasteiger partial charge is 0.491 e. The molecule has 3 N–H and O–H groups in total. The molecular weight excluding hydrogens is 872 g/mol. The number of aliphatic imine (C=N–C) groups is 1. The summed E-state index contributed by atoms with van der Waals surface area (Å²) < 4.78 is 30.5. The summed E-state index contributed by atoms with van der Waals surface area (Å²) in [5.41, 5.74) is 4.10. The van der Waals surface area contributed by atoms with Crippen LogP contribution in [0.5, 0.6) is 11.5 Å². The highest BCUT2D eigenvalue weighted by Crippen LogP contribution is 2.32. The number of ether oxygens (including phenoxy) is 5. The maximum Gasteiger partial charge on any atom is 0.325 e. The fourth-order valence-corrected chi connectivity index (χ4v) is 7.66. The van der Waals surface area contributed by atoms with Crippen molar-refractivity contribution in [2.24, 2.45) is 4.99 Å². The molecule has 0 saturated carbocycles. The Morgan fingerprint density at radius 3 is 2.49 bits per heavy atom. The Kier molecular flexibility index (Phi) is 16.8. The summed E-state index contributed by atoms with van der Waals surface area (Å²) in [6, 6.07) is 14.7. The number of nitrogens with zero attached hydrogens (tertiary/aromatic N) is 5. The van der Waals surface area contributed by atoms with Gasteiger partial charge in [0.15, 0.2) is 5.82 Å². The molecular formula is C42H49BrN8O9S. The van der Waals surface area contributed by atoms with E-state index in [4.69, 9.17) is 23.7 Å². The van der Waals surface area contributed by atoms with Crippen molar-refractivity contribution in [3.63, 3.8) is 0 Å². The highest BCUT2D eigenvalue weighted by atomic mass is 79.9. The Bertz CT molecular complexity index is 2160. The molecule has 3 heterocycles. The van der Waals surface area contributed by atoms with Crippen LogP contribution in [0.3, 0.4) is 0 Å². The van der Waals surface area contributed by atoms with E-state index < -0.39 is 17.0 Å². The normalized spacial score (nSPS) is 16.4. The molecule has 0 radical (unpaired) electrons. The average Bonchev–Trinajstić information content (AvgIpc) is 3.74. The van der Waals surface area contributed by atoms with Crippen LogP contribution in [0.1, 0.15) is 28.8 Å². The van der Waals surface area contributed by atoms with Crippen molar-refractivity contribution >= 4 is 67.6 Å². The molecule has 2 aliphatic heterocycles. The number of rotatable bonds is 20. The van der Waals surface area contributed by atoms with Gasteiger partial charge in [-0.25, -0.2) is 9.78 Å². The second-order valence-corrected chi connectivity index (χ2v) is 16.1. The number of carbonyl (C=O) groups is 2. The number of halogens is 1. The van der Waals surface area contributed by atoms with E-state index in [1.54, 1.807) is 25.3 Å². The van der Waals surface area contributed by atoms with Crippen molar-refractivity contribution in [3.05, 3.63) is 104 Å². The van der Waals surface area contributed by atoms with Crippen molar-refractivity contribution < 1.29 is 38.2 Å². The third-order valence-electron chi connectivity index (χ3n) is 9.52. The van der Waals surface area contributed by atoms with Crippen LogP contribution in [-0.2, 0) is 19.0 Å². The van der Waals surface area contributed by atoms with E-state index in [0.29, 0.717) is 92.8 Å². The van der Waals surface area contributed by atoms with Gasteiger partial charge in [0.2, 0.25) is 5.91 Å². The third kappa shape index (κ3) is 13.9. The van der Waals surface area contributed by atoms with E-state index in [1.165, 1.54) is 30.1 Å². The van der Waals surface area contributed by atoms with Gasteiger partial charge >= 0.3 is 6.03 Å². The number of thioether (sulfide) groups is 1. The molecule has 0 aliphatic carbocycles. The monoisotopic (exact) mass is 920 g/mol. The zero-order valence-corrected chi connectivity index (χ0v) is 36.6. The Labute approximate surface area is 366 Å². The van der Waals surface area contributed by atoms with Crippen LogP contribution in [-0.4, -0.2) is 121 Å². The molecule has 2 aliphatic rings. The van der Waals surface area contributed by atoms with Crippen molar-refractivity contribution in [2.75, 3.05) is 87.6 Å². The first-order valence-electron chi connectivity index (χ1n) is 19.8. The fraction of sp³-hybridized carbons (Fsp3) is 0.405. The molecule has 1 saturated heterocycles. The molecule has 1 unspecified atom stereocenters. The van der Waals surface area contributed by atoms with E-state index in [0.717, 1.165) is 45.8 Å². The van der Waals surface area contributed by atoms with Gasteiger partial charge in [-0.3, -0.25) is 35.1 Å². The molecule has 1 aromatic heterocycles. The van der Waals surface area contributed by atoms with Gasteiger partial charge in [-0.05, 0) is 81.3 Å². The summed E-state index contributed by atoms with van der Waals surface area (Å²) in [5, 5.41) is 20.2. The van der Waals surface area contributed by atoms with E-state index in [2.05, 4.69) is 51.7 Å². The zero-order valence-electron chi connectivity index (χ0n) is 34.2. The SMILES string of the molecule is Cc1cnc(NC(=O)Nc2cc(Br)c(C)cc2OC[C@@H]2CN(CCOCCCOCCOc3ccc(C4=NC(C(=O)Nc5ccc([N+](=O)[O-])c(C)c5)CS4)cc3)CCO2)cn1. The number of hydrogen-bond donors (Lipinski definition) is 3. The third-order valence-corrected chi connectivity index (χ3v) is 11.5. The molecule has 4 aromatic rings. The lowest BCUT2D eigenvalue weighted by atomic mass is 10.1. The lowest BCUT2D eigenvalue weighted by Gasteiger charge is -2.32. The maximum absolute atomic E-state index is 12.8. The summed E-state index contributed by atoms with van der Waals surface area (Å²) in [6.45, 7) is 11.2. The van der Waals surface area contributed by atoms with Gasteiger partial charge < -0.3 is 34.3 Å². The minimum Gasteiger partial charge on any atom is -0.491 e. The predicted octanol–water partition coefficient (Wildman–Crippen LogP) is 6.80. The van der Waals surface area contributed by atoms with Crippen molar-refractivity contribution in [2.45, 2.75) is 39.3 Å². The first-order valence-corrected chi connectivity index (χ1v) is 21.6. The van der Waals surface area contributed by atoms with Gasteiger partial charge in [-0.2, -0.15) is 0 Å². The van der Waals surface area contributed by atoms with Crippen LogP contribution >= 0.6 is 27.7 Å². The van der Waals surface area contributed by atoms with E-state index in [1.807, 2.05) is 44.2 Å². The summed E-state index contributed by atoms with van der Waals surface area (Å²) in [4.78, 5) is 51.4. The number of benzene rings is 3. The quantitative estimate of drug-likeness (QED) is 0.0476. The van der Waals surface area contributed by atoms with Crippen molar-refractivity contribution in [1.82, 2.24) is 14.9 Å². The number of anilines is 3. The summed E-state index contributed by atoms with van der Waals surface area (Å²) in [6.07, 6.45) is 3.70. The molecule has 19 heteroatoms. The second-order valence-electron chi connectivity index (χ2n) is 14.3. The first kappa shape index (κ1) is 45.3. The topological polar surface area (TPSA) is 201 Å². The van der Waals surface area contributed by atoms with Crippen LogP contribution in [0, 0.1) is 30.9 Å². The molecule has 0 spiro atoms. The van der Waals surface area contributed by atoms with Gasteiger partial charge in [0.1, 0.15) is 36.9 Å². The first-order chi connectivity index (χ1) is 29.5. The Morgan fingerprint density at radius 2 is 1.74 bits per heavy atom. The van der Waals surface area contributed by atoms with E-state index in [-0.39, 0.29) is 17.7 Å². The molecule has 0 bridgehead atoms.